The van der Waals surface area contributed by atoms with Gasteiger partial charge in [0, 0.05) is 13.1 Å². The van der Waals surface area contributed by atoms with Crippen LogP contribution >= 0.6 is 11.3 Å². The van der Waals surface area contributed by atoms with Crippen molar-refractivity contribution in [2.45, 2.75) is 26.2 Å². The third kappa shape index (κ3) is 2.59. The summed E-state index contributed by atoms with van der Waals surface area (Å²) >= 11 is 1.54. The highest BCUT2D eigenvalue weighted by molar-refractivity contribution is 7.12. The smallest absolute Gasteiger partial charge is 0.263 e. The molecule has 1 amide bonds. The van der Waals surface area contributed by atoms with Crippen molar-refractivity contribution < 1.29 is 4.79 Å². The molecule has 0 saturated carbocycles. The number of likely N-dealkylation sites (tertiary alicyclic amines) is 1. The van der Waals surface area contributed by atoms with E-state index in [0.717, 1.165) is 36.7 Å². The van der Waals surface area contributed by atoms with Crippen molar-refractivity contribution in [3.63, 3.8) is 0 Å². The Bertz CT molecular complexity index is 320. The van der Waals surface area contributed by atoms with Crippen LogP contribution in [0.15, 0.2) is 17.5 Å². The van der Waals surface area contributed by atoms with Crippen LogP contribution in [0.25, 0.3) is 0 Å². The molecule has 0 radical (unpaired) electrons. The van der Waals surface area contributed by atoms with Crippen LogP contribution in [0.4, 0.5) is 0 Å². The Morgan fingerprint density at radius 1 is 1.47 bits per heavy atom. The molecule has 1 aliphatic heterocycles. The Labute approximate surface area is 94.9 Å². The van der Waals surface area contributed by atoms with Gasteiger partial charge in [0.2, 0.25) is 0 Å². The van der Waals surface area contributed by atoms with Gasteiger partial charge < -0.3 is 4.90 Å². The topological polar surface area (TPSA) is 20.3 Å². The third-order valence-electron chi connectivity index (χ3n) is 3.04. The standard InChI is InChI=1S/C12H17NOS/c1-10-4-2-7-13(8-6-10)12(14)11-5-3-9-15-11/h3,5,9-10H,2,4,6-8H2,1H3. The number of rotatable bonds is 1. The predicted octanol–water partition coefficient (Wildman–Crippen LogP) is 3.01. The summed E-state index contributed by atoms with van der Waals surface area (Å²) in [5.74, 6) is 0.991. The van der Waals surface area contributed by atoms with E-state index in [2.05, 4.69) is 6.92 Å². The molecule has 1 aromatic heterocycles. The highest BCUT2D eigenvalue weighted by Crippen LogP contribution is 2.19. The van der Waals surface area contributed by atoms with Gasteiger partial charge in [0.15, 0.2) is 0 Å². The lowest BCUT2D eigenvalue weighted by atomic mass is 10.0. The number of hydrogen-bond donors (Lipinski definition) is 0. The molecule has 1 aliphatic rings. The largest absolute Gasteiger partial charge is 0.338 e. The molecule has 0 spiro atoms. The predicted molar refractivity (Wildman–Crippen MR) is 63.2 cm³/mol. The molecule has 1 saturated heterocycles. The summed E-state index contributed by atoms with van der Waals surface area (Å²) in [6.07, 6.45) is 3.56. The highest BCUT2D eigenvalue weighted by Gasteiger charge is 2.19. The number of thiophene rings is 1. The van der Waals surface area contributed by atoms with E-state index < -0.39 is 0 Å². The number of carbonyl (C=O) groups excluding carboxylic acids is 1. The van der Waals surface area contributed by atoms with Gasteiger partial charge >= 0.3 is 0 Å². The molecule has 1 fully saturated rings. The summed E-state index contributed by atoms with van der Waals surface area (Å²) in [4.78, 5) is 14.9. The van der Waals surface area contributed by atoms with Gasteiger partial charge in [-0.05, 0) is 36.6 Å². The molecule has 0 N–H and O–H groups in total. The molecule has 1 atom stereocenters. The lowest BCUT2D eigenvalue weighted by Gasteiger charge is -2.19. The maximum Gasteiger partial charge on any atom is 0.263 e. The van der Waals surface area contributed by atoms with Crippen LogP contribution in [-0.4, -0.2) is 23.9 Å². The SMILES string of the molecule is CC1CCCN(C(=O)c2cccs2)CC1. The minimum absolute atomic E-state index is 0.221. The van der Waals surface area contributed by atoms with Gasteiger partial charge in [0.1, 0.15) is 0 Å². The number of nitrogens with zero attached hydrogens (tertiary/aromatic N) is 1. The van der Waals surface area contributed by atoms with E-state index in [4.69, 9.17) is 0 Å². The molecular weight excluding hydrogens is 206 g/mol. The van der Waals surface area contributed by atoms with E-state index in [1.165, 1.54) is 6.42 Å². The average molecular weight is 223 g/mol. The Morgan fingerprint density at radius 3 is 3.07 bits per heavy atom. The van der Waals surface area contributed by atoms with Gasteiger partial charge in [0.25, 0.3) is 5.91 Å². The van der Waals surface area contributed by atoms with Crippen molar-refractivity contribution in [3.8, 4) is 0 Å². The number of amides is 1. The summed E-state index contributed by atoms with van der Waals surface area (Å²) in [6.45, 7) is 4.14. The van der Waals surface area contributed by atoms with E-state index in [1.807, 2.05) is 22.4 Å². The second kappa shape index (κ2) is 4.79. The fourth-order valence-corrected chi connectivity index (χ4v) is 2.71. The minimum Gasteiger partial charge on any atom is -0.338 e. The van der Waals surface area contributed by atoms with E-state index in [1.54, 1.807) is 11.3 Å². The molecule has 1 aromatic rings. The van der Waals surface area contributed by atoms with E-state index in [9.17, 15) is 4.79 Å². The van der Waals surface area contributed by atoms with Gasteiger partial charge in [-0.1, -0.05) is 13.0 Å². The van der Waals surface area contributed by atoms with Crippen LogP contribution in [0.1, 0.15) is 35.9 Å². The molecule has 2 heterocycles. The maximum atomic E-state index is 12.1. The van der Waals surface area contributed by atoms with E-state index in [0.29, 0.717) is 0 Å². The number of carbonyl (C=O) groups is 1. The van der Waals surface area contributed by atoms with Crippen LogP contribution in [0.3, 0.4) is 0 Å². The first-order chi connectivity index (χ1) is 7.27. The van der Waals surface area contributed by atoms with Crippen molar-refractivity contribution in [2.24, 2.45) is 5.92 Å². The summed E-state index contributed by atoms with van der Waals surface area (Å²) in [6, 6.07) is 3.86. The normalized spacial score (nSPS) is 22.5. The fraction of sp³-hybridized carbons (Fsp3) is 0.583. The molecule has 3 heteroatoms. The Hall–Kier alpha value is -0.830. The van der Waals surface area contributed by atoms with Crippen molar-refractivity contribution >= 4 is 17.2 Å². The van der Waals surface area contributed by atoms with Gasteiger partial charge in [-0.2, -0.15) is 0 Å². The molecule has 15 heavy (non-hydrogen) atoms. The first-order valence-electron chi connectivity index (χ1n) is 5.60. The molecule has 0 aromatic carbocycles. The molecule has 2 nitrogen and oxygen atoms in total. The van der Waals surface area contributed by atoms with Gasteiger partial charge in [-0.3, -0.25) is 4.79 Å². The van der Waals surface area contributed by atoms with Crippen LogP contribution in [0, 0.1) is 5.92 Å². The van der Waals surface area contributed by atoms with Gasteiger partial charge in [-0.25, -0.2) is 0 Å². The Kier molecular flexibility index (Phi) is 3.41. The summed E-state index contributed by atoms with van der Waals surface area (Å²) in [5, 5.41) is 1.97. The van der Waals surface area contributed by atoms with Crippen molar-refractivity contribution in [1.82, 2.24) is 4.90 Å². The van der Waals surface area contributed by atoms with Crippen LogP contribution in [-0.2, 0) is 0 Å². The Morgan fingerprint density at radius 2 is 2.33 bits per heavy atom. The van der Waals surface area contributed by atoms with Gasteiger partial charge in [-0.15, -0.1) is 11.3 Å². The molecule has 2 rings (SSSR count). The van der Waals surface area contributed by atoms with E-state index in [-0.39, 0.29) is 5.91 Å². The second-order valence-corrected chi connectivity index (χ2v) is 5.25. The van der Waals surface area contributed by atoms with Crippen LogP contribution in [0.2, 0.25) is 0 Å². The molecular formula is C12H17NOS. The zero-order chi connectivity index (χ0) is 10.7. The number of hydrogen-bond acceptors (Lipinski definition) is 2. The first kappa shape index (κ1) is 10.7. The summed E-state index contributed by atoms with van der Waals surface area (Å²) < 4.78 is 0. The first-order valence-corrected chi connectivity index (χ1v) is 6.48. The van der Waals surface area contributed by atoms with Crippen molar-refractivity contribution in [2.75, 3.05) is 13.1 Å². The Balaban J connectivity index is 2.01. The molecule has 82 valence electrons. The second-order valence-electron chi connectivity index (χ2n) is 4.31. The summed E-state index contributed by atoms with van der Waals surface area (Å²) in [5.41, 5.74) is 0. The quantitative estimate of drug-likeness (QED) is 0.716. The van der Waals surface area contributed by atoms with E-state index >= 15 is 0 Å². The zero-order valence-corrected chi connectivity index (χ0v) is 9.93. The molecule has 0 bridgehead atoms. The van der Waals surface area contributed by atoms with Crippen molar-refractivity contribution in [3.05, 3.63) is 22.4 Å². The molecule has 1 unspecified atom stereocenters. The summed E-state index contributed by atoms with van der Waals surface area (Å²) in [7, 11) is 0. The van der Waals surface area contributed by atoms with Crippen molar-refractivity contribution in [1.29, 1.82) is 0 Å². The van der Waals surface area contributed by atoms with Gasteiger partial charge in [0.05, 0.1) is 4.88 Å². The van der Waals surface area contributed by atoms with Crippen LogP contribution in [0.5, 0.6) is 0 Å². The zero-order valence-electron chi connectivity index (χ0n) is 9.11. The van der Waals surface area contributed by atoms with Crippen LogP contribution < -0.4 is 0 Å². The minimum atomic E-state index is 0.221. The monoisotopic (exact) mass is 223 g/mol. The average Bonchev–Trinajstić information content (AvgIpc) is 2.67. The third-order valence-corrected chi connectivity index (χ3v) is 3.89. The molecule has 0 aliphatic carbocycles. The fourth-order valence-electron chi connectivity index (χ4n) is 2.02. The maximum absolute atomic E-state index is 12.1. The highest BCUT2D eigenvalue weighted by atomic mass is 32.1. The lowest BCUT2D eigenvalue weighted by molar-refractivity contribution is 0.0765. The lowest BCUT2D eigenvalue weighted by Crippen LogP contribution is -2.31.